The number of nitrogens with zero attached hydrogens (tertiary/aromatic N) is 1. The summed E-state index contributed by atoms with van der Waals surface area (Å²) in [6, 6.07) is 15.3. The molecule has 2 fully saturated rings. The maximum atomic E-state index is 13.8. The zero-order valence-corrected chi connectivity index (χ0v) is 18.7. The number of hydrogen-bond acceptors (Lipinski definition) is 4. The van der Waals surface area contributed by atoms with Gasteiger partial charge in [-0.25, -0.2) is 0 Å². The number of hydrogen-bond donors (Lipinski definition) is 2. The van der Waals surface area contributed by atoms with Crippen molar-refractivity contribution in [2.24, 2.45) is 11.8 Å². The normalized spacial score (nSPS) is 29.4. The summed E-state index contributed by atoms with van der Waals surface area (Å²) in [5.41, 5.74) is 2.46. The van der Waals surface area contributed by atoms with E-state index in [-0.39, 0.29) is 29.8 Å². The molecule has 6 heteroatoms. The lowest BCUT2D eigenvalue weighted by Gasteiger charge is -2.31. The number of nitrogens with one attached hydrogen (secondary N) is 2. The third-order valence-corrected chi connectivity index (χ3v) is 7.58. The van der Waals surface area contributed by atoms with E-state index in [1.807, 2.05) is 69.3 Å². The number of likely N-dealkylation sites (tertiary alicyclic amines) is 1. The van der Waals surface area contributed by atoms with Crippen molar-refractivity contribution in [1.82, 2.24) is 10.2 Å². The fourth-order valence-corrected chi connectivity index (χ4v) is 5.87. The molecule has 3 amide bonds. The second-order valence-corrected chi connectivity index (χ2v) is 9.20. The number of carbonyl (C=O) groups is 3. The van der Waals surface area contributed by atoms with Crippen LogP contribution < -0.4 is 10.6 Å². The molecule has 6 nitrogen and oxygen atoms in total. The van der Waals surface area contributed by atoms with Crippen molar-refractivity contribution < 1.29 is 14.4 Å². The number of fused-ring (bicyclic) bond motifs is 4. The molecule has 0 aliphatic carbocycles. The lowest BCUT2D eigenvalue weighted by atomic mass is 9.76. The van der Waals surface area contributed by atoms with Crippen LogP contribution in [0.25, 0.3) is 0 Å². The van der Waals surface area contributed by atoms with Crippen LogP contribution in [0.3, 0.4) is 0 Å². The fourth-order valence-electron chi connectivity index (χ4n) is 5.87. The molecule has 32 heavy (non-hydrogen) atoms. The topological polar surface area (TPSA) is 78.5 Å². The zero-order chi connectivity index (χ0) is 22.6. The van der Waals surface area contributed by atoms with E-state index < -0.39 is 17.4 Å². The summed E-state index contributed by atoms with van der Waals surface area (Å²) in [5.74, 6) is -1.94. The highest BCUT2D eigenvalue weighted by atomic mass is 16.2. The maximum Gasteiger partial charge on any atom is 0.250 e. The molecule has 3 aliphatic rings. The standard InChI is InChI=1S/C26H29N3O3/c1-4-15(3)29-23(30)20-19(14-16-10-7-6-8-11-16)28-26(21(20)24(29)31)18-13-9-12-17(5-2)22(18)27-25(26)32/h6-13,15,19-21,28H,4-5,14H2,1-3H3,(H,27,32). The summed E-state index contributed by atoms with van der Waals surface area (Å²) in [6.45, 7) is 5.92. The lowest BCUT2D eigenvalue weighted by molar-refractivity contribution is -0.145. The number of rotatable bonds is 5. The number of aryl methyl sites for hydroxylation is 1. The Labute approximate surface area is 188 Å². The molecule has 166 valence electrons. The Bertz CT molecular complexity index is 1100. The van der Waals surface area contributed by atoms with E-state index in [1.54, 1.807) is 0 Å². The van der Waals surface area contributed by atoms with Gasteiger partial charge < -0.3 is 5.32 Å². The van der Waals surface area contributed by atoms with Gasteiger partial charge >= 0.3 is 0 Å². The summed E-state index contributed by atoms with van der Waals surface area (Å²) >= 11 is 0. The van der Waals surface area contributed by atoms with Crippen LogP contribution in [-0.2, 0) is 32.8 Å². The number of para-hydroxylation sites is 1. The summed E-state index contributed by atoms with van der Waals surface area (Å²) in [7, 11) is 0. The molecule has 3 aliphatic heterocycles. The van der Waals surface area contributed by atoms with Gasteiger partial charge in [-0.15, -0.1) is 0 Å². The second-order valence-electron chi connectivity index (χ2n) is 9.20. The lowest BCUT2D eigenvalue weighted by Crippen LogP contribution is -2.54. The van der Waals surface area contributed by atoms with Gasteiger partial charge in [-0.1, -0.05) is 62.4 Å². The van der Waals surface area contributed by atoms with Gasteiger partial charge in [-0.2, -0.15) is 0 Å². The fraction of sp³-hybridized carbons (Fsp3) is 0.423. The van der Waals surface area contributed by atoms with Gasteiger partial charge in [0.05, 0.1) is 11.8 Å². The van der Waals surface area contributed by atoms with Gasteiger partial charge in [0.1, 0.15) is 5.54 Å². The van der Waals surface area contributed by atoms with Crippen molar-refractivity contribution in [2.45, 2.75) is 57.7 Å². The Hall–Kier alpha value is -2.99. The molecular formula is C26H29N3O3. The average molecular weight is 432 g/mol. The Morgan fingerprint density at radius 2 is 1.75 bits per heavy atom. The molecule has 2 aromatic carbocycles. The van der Waals surface area contributed by atoms with Crippen LogP contribution in [0.5, 0.6) is 0 Å². The summed E-state index contributed by atoms with van der Waals surface area (Å²) in [5, 5.41) is 6.59. The van der Waals surface area contributed by atoms with E-state index in [9.17, 15) is 14.4 Å². The third-order valence-electron chi connectivity index (χ3n) is 7.58. The van der Waals surface area contributed by atoms with E-state index in [4.69, 9.17) is 0 Å². The van der Waals surface area contributed by atoms with Gasteiger partial charge in [0.25, 0.3) is 0 Å². The van der Waals surface area contributed by atoms with Crippen LogP contribution in [0, 0.1) is 11.8 Å². The Balaban J connectivity index is 1.66. The smallest absolute Gasteiger partial charge is 0.250 e. The predicted octanol–water partition coefficient (Wildman–Crippen LogP) is 3.01. The van der Waals surface area contributed by atoms with Gasteiger partial charge in [0.15, 0.2) is 0 Å². The largest absolute Gasteiger partial charge is 0.324 e. The minimum Gasteiger partial charge on any atom is -0.324 e. The van der Waals surface area contributed by atoms with Gasteiger partial charge in [0, 0.05) is 23.3 Å². The van der Waals surface area contributed by atoms with Crippen LogP contribution in [0.1, 0.15) is 43.9 Å². The molecule has 2 saturated heterocycles. The molecule has 5 unspecified atom stereocenters. The van der Waals surface area contributed by atoms with E-state index >= 15 is 0 Å². The Morgan fingerprint density at radius 3 is 2.44 bits per heavy atom. The van der Waals surface area contributed by atoms with Gasteiger partial charge in [-0.3, -0.25) is 24.6 Å². The highest BCUT2D eigenvalue weighted by Crippen LogP contribution is 2.54. The van der Waals surface area contributed by atoms with Crippen molar-refractivity contribution in [1.29, 1.82) is 0 Å². The Morgan fingerprint density at radius 1 is 1.00 bits per heavy atom. The number of amides is 3. The highest BCUT2D eigenvalue weighted by molar-refractivity contribution is 6.15. The summed E-state index contributed by atoms with van der Waals surface area (Å²) in [4.78, 5) is 42.4. The molecule has 2 aromatic rings. The predicted molar refractivity (Wildman–Crippen MR) is 122 cm³/mol. The van der Waals surface area contributed by atoms with Crippen molar-refractivity contribution in [3.8, 4) is 0 Å². The van der Waals surface area contributed by atoms with E-state index in [0.717, 1.165) is 28.8 Å². The number of anilines is 1. The van der Waals surface area contributed by atoms with Crippen LogP contribution in [0.4, 0.5) is 5.69 Å². The molecule has 0 saturated carbocycles. The maximum absolute atomic E-state index is 13.8. The first-order chi connectivity index (χ1) is 15.4. The monoisotopic (exact) mass is 431 g/mol. The molecule has 2 N–H and O–H groups in total. The SMILES string of the molecule is CCc1cccc2c1NC(=O)C21NC(Cc2ccccc2)C2C(=O)N(C(C)CC)C(=O)C21. The number of imide groups is 1. The van der Waals surface area contributed by atoms with Crippen LogP contribution in [0.2, 0.25) is 0 Å². The van der Waals surface area contributed by atoms with Gasteiger partial charge in [-0.05, 0) is 37.3 Å². The number of benzene rings is 2. The summed E-state index contributed by atoms with van der Waals surface area (Å²) < 4.78 is 0. The Kier molecular flexibility index (Phi) is 4.93. The number of carbonyl (C=O) groups excluding carboxylic acids is 3. The molecule has 0 bridgehead atoms. The average Bonchev–Trinajstić information content (AvgIpc) is 3.38. The van der Waals surface area contributed by atoms with Crippen molar-refractivity contribution in [3.63, 3.8) is 0 Å². The molecule has 1 spiro atoms. The highest BCUT2D eigenvalue weighted by Gasteiger charge is 2.70. The molecule has 0 aromatic heterocycles. The van der Waals surface area contributed by atoms with E-state index in [1.165, 1.54) is 4.90 Å². The van der Waals surface area contributed by atoms with Crippen molar-refractivity contribution >= 4 is 23.4 Å². The van der Waals surface area contributed by atoms with E-state index in [0.29, 0.717) is 12.8 Å². The molecule has 3 heterocycles. The van der Waals surface area contributed by atoms with Crippen molar-refractivity contribution in [3.05, 3.63) is 65.2 Å². The van der Waals surface area contributed by atoms with Gasteiger partial charge in [0.2, 0.25) is 17.7 Å². The van der Waals surface area contributed by atoms with Crippen LogP contribution in [-0.4, -0.2) is 34.7 Å². The van der Waals surface area contributed by atoms with Crippen molar-refractivity contribution in [2.75, 3.05) is 5.32 Å². The molecular weight excluding hydrogens is 402 g/mol. The first kappa shape index (κ1) is 20.9. The van der Waals surface area contributed by atoms with E-state index in [2.05, 4.69) is 10.6 Å². The third kappa shape index (κ3) is 2.72. The zero-order valence-electron chi connectivity index (χ0n) is 18.7. The minimum atomic E-state index is -1.22. The van der Waals surface area contributed by atoms with Crippen LogP contribution in [0.15, 0.2) is 48.5 Å². The first-order valence-electron chi connectivity index (χ1n) is 11.6. The first-order valence-corrected chi connectivity index (χ1v) is 11.6. The molecule has 5 rings (SSSR count). The quantitative estimate of drug-likeness (QED) is 0.714. The minimum absolute atomic E-state index is 0.160. The molecule has 0 radical (unpaired) electrons. The molecule has 5 atom stereocenters. The van der Waals surface area contributed by atoms with Crippen LogP contribution >= 0.6 is 0 Å². The summed E-state index contributed by atoms with van der Waals surface area (Å²) in [6.07, 6.45) is 2.03. The second kappa shape index (κ2) is 7.55.